The van der Waals surface area contributed by atoms with Gasteiger partial charge in [-0.2, -0.15) is 0 Å². The van der Waals surface area contributed by atoms with E-state index in [0.29, 0.717) is 0 Å². The third-order valence-corrected chi connectivity index (χ3v) is 2.21. The first kappa shape index (κ1) is 12.5. The first-order valence-corrected chi connectivity index (χ1v) is 4.58. The van der Waals surface area contributed by atoms with Gasteiger partial charge in [0.25, 0.3) is 0 Å². The van der Waals surface area contributed by atoms with Crippen LogP contribution in [0.25, 0.3) is 0 Å². The fourth-order valence-corrected chi connectivity index (χ4v) is 1.31. The summed E-state index contributed by atoms with van der Waals surface area (Å²) in [4.78, 5) is 10.9. The van der Waals surface area contributed by atoms with Crippen LogP contribution < -0.4 is 11.5 Å². The highest BCUT2D eigenvalue weighted by molar-refractivity contribution is 5.77. The predicted octanol–water partition coefficient (Wildman–Crippen LogP) is 0.707. The zero-order valence-corrected chi connectivity index (χ0v) is 8.34. The maximum absolute atomic E-state index is 12.8. The van der Waals surface area contributed by atoms with E-state index < -0.39 is 29.3 Å². The molecule has 1 atom stereocenters. The van der Waals surface area contributed by atoms with Crippen LogP contribution in [0.3, 0.4) is 0 Å². The molecule has 4 N–H and O–H groups in total. The third kappa shape index (κ3) is 2.73. The molecule has 0 saturated heterocycles. The van der Waals surface area contributed by atoms with Crippen molar-refractivity contribution in [1.82, 2.24) is 0 Å². The number of hydrogen-bond donors (Lipinski definition) is 2. The molecule has 6 heteroatoms. The minimum absolute atomic E-state index is 0.0139. The van der Waals surface area contributed by atoms with E-state index in [1.807, 2.05) is 0 Å². The number of primary amides is 1. The topological polar surface area (TPSA) is 69.1 Å². The summed E-state index contributed by atoms with van der Waals surface area (Å²) in [7, 11) is 0. The molecule has 0 aliphatic carbocycles. The van der Waals surface area contributed by atoms with E-state index in [1.54, 1.807) is 0 Å². The molecule has 1 rings (SSSR count). The van der Waals surface area contributed by atoms with Crippen LogP contribution in [-0.4, -0.2) is 12.5 Å². The van der Waals surface area contributed by atoms with Crippen molar-refractivity contribution in [1.29, 1.82) is 0 Å². The molecule has 0 aliphatic heterocycles. The Balaban J connectivity index is 2.93. The van der Waals surface area contributed by atoms with Gasteiger partial charge in [0, 0.05) is 6.54 Å². The Morgan fingerprint density at radius 1 is 1.25 bits per heavy atom. The number of halogens is 3. The lowest BCUT2D eigenvalue weighted by molar-refractivity contribution is -0.121. The Labute approximate surface area is 90.2 Å². The van der Waals surface area contributed by atoms with Crippen molar-refractivity contribution in [3.05, 3.63) is 35.1 Å². The first-order valence-electron chi connectivity index (χ1n) is 4.58. The Bertz CT molecular complexity index is 386. The molecular formula is C10H11F3N2O. The zero-order valence-electron chi connectivity index (χ0n) is 8.34. The number of hydrogen-bond acceptors (Lipinski definition) is 2. The van der Waals surface area contributed by atoms with Crippen LogP contribution in [0.4, 0.5) is 13.2 Å². The second-order valence-corrected chi connectivity index (χ2v) is 3.41. The van der Waals surface area contributed by atoms with Gasteiger partial charge in [0.05, 0.1) is 5.92 Å². The lowest BCUT2D eigenvalue weighted by Gasteiger charge is -2.10. The molecule has 0 aliphatic rings. The van der Waals surface area contributed by atoms with E-state index in [-0.39, 0.29) is 18.5 Å². The van der Waals surface area contributed by atoms with Crippen LogP contribution >= 0.6 is 0 Å². The van der Waals surface area contributed by atoms with Gasteiger partial charge in [-0.1, -0.05) is 0 Å². The van der Waals surface area contributed by atoms with Crippen LogP contribution in [0, 0.1) is 23.4 Å². The van der Waals surface area contributed by atoms with Crippen LogP contribution in [0.2, 0.25) is 0 Å². The summed E-state index contributed by atoms with van der Waals surface area (Å²) in [5.41, 5.74) is 10.4. The van der Waals surface area contributed by atoms with Gasteiger partial charge in [0.1, 0.15) is 0 Å². The fourth-order valence-electron chi connectivity index (χ4n) is 1.31. The highest BCUT2D eigenvalue weighted by Gasteiger charge is 2.17. The van der Waals surface area contributed by atoms with Crippen molar-refractivity contribution in [3.63, 3.8) is 0 Å². The second-order valence-electron chi connectivity index (χ2n) is 3.41. The molecule has 0 heterocycles. The highest BCUT2D eigenvalue weighted by atomic mass is 19.2. The number of carbonyl (C=O) groups is 1. The molecule has 0 unspecified atom stereocenters. The van der Waals surface area contributed by atoms with Crippen molar-refractivity contribution < 1.29 is 18.0 Å². The molecule has 0 fully saturated rings. The maximum atomic E-state index is 12.8. The minimum atomic E-state index is -1.54. The van der Waals surface area contributed by atoms with Gasteiger partial charge in [0.2, 0.25) is 5.91 Å². The molecule has 1 aromatic rings. The molecule has 0 radical (unpaired) electrons. The number of benzene rings is 1. The zero-order chi connectivity index (χ0) is 12.3. The molecule has 3 nitrogen and oxygen atoms in total. The molecule has 0 saturated carbocycles. The van der Waals surface area contributed by atoms with Gasteiger partial charge in [-0.15, -0.1) is 0 Å². The summed E-state index contributed by atoms with van der Waals surface area (Å²) in [6.45, 7) is -0.0318. The number of rotatable bonds is 4. The molecule has 0 aromatic heterocycles. The standard InChI is InChI=1S/C10H11F3N2O/c11-7-2-5(3-8(12)9(7)13)1-6(4-14)10(15)16/h2-3,6H,1,4,14H2,(H2,15,16)/t6-/m0/s1. The van der Waals surface area contributed by atoms with Crippen molar-refractivity contribution in [2.45, 2.75) is 6.42 Å². The van der Waals surface area contributed by atoms with Gasteiger partial charge in [0.15, 0.2) is 17.5 Å². The van der Waals surface area contributed by atoms with Gasteiger partial charge >= 0.3 is 0 Å². The maximum Gasteiger partial charge on any atom is 0.222 e. The average molecular weight is 232 g/mol. The minimum Gasteiger partial charge on any atom is -0.369 e. The van der Waals surface area contributed by atoms with Crippen molar-refractivity contribution in [2.24, 2.45) is 17.4 Å². The molecule has 0 spiro atoms. The van der Waals surface area contributed by atoms with Crippen molar-refractivity contribution >= 4 is 5.91 Å². The third-order valence-electron chi connectivity index (χ3n) is 2.21. The summed E-state index contributed by atoms with van der Waals surface area (Å²) in [6.07, 6.45) is -0.0139. The number of nitrogens with two attached hydrogens (primary N) is 2. The Hall–Kier alpha value is -1.56. The van der Waals surface area contributed by atoms with Crippen LogP contribution in [0.15, 0.2) is 12.1 Å². The summed E-state index contributed by atoms with van der Waals surface area (Å²) in [5, 5.41) is 0. The summed E-state index contributed by atoms with van der Waals surface area (Å²) < 4.78 is 38.3. The largest absolute Gasteiger partial charge is 0.369 e. The van der Waals surface area contributed by atoms with Crippen molar-refractivity contribution in [3.8, 4) is 0 Å². The Morgan fingerprint density at radius 2 is 1.75 bits per heavy atom. The van der Waals surface area contributed by atoms with Gasteiger partial charge < -0.3 is 11.5 Å². The predicted molar refractivity (Wildman–Crippen MR) is 51.8 cm³/mol. The first-order chi connectivity index (χ1) is 7.45. The summed E-state index contributed by atoms with van der Waals surface area (Å²) >= 11 is 0. The summed E-state index contributed by atoms with van der Waals surface area (Å²) in [6, 6.07) is 1.65. The SMILES string of the molecule is NC[C@H](Cc1cc(F)c(F)c(F)c1)C(N)=O. The van der Waals surface area contributed by atoms with Crippen molar-refractivity contribution in [2.75, 3.05) is 6.54 Å². The molecule has 0 bridgehead atoms. The van der Waals surface area contributed by atoms with Gasteiger partial charge in [-0.3, -0.25) is 4.79 Å². The molecule has 1 amide bonds. The van der Waals surface area contributed by atoms with Crippen LogP contribution in [-0.2, 0) is 11.2 Å². The number of carbonyl (C=O) groups excluding carboxylic acids is 1. The van der Waals surface area contributed by atoms with Crippen LogP contribution in [0.5, 0.6) is 0 Å². The van der Waals surface area contributed by atoms with Gasteiger partial charge in [-0.25, -0.2) is 13.2 Å². The summed E-state index contributed by atoms with van der Waals surface area (Å²) in [5.74, 6) is -5.51. The average Bonchev–Trinajstić information content (AvgIpc) is 2.21. The fraction of sp³-hybridized carbons (Fsp3) is 0.300. The highest BCUT2D eigenvalue weighted by Crippen LogP contribution is 2.16. The van der Waals surface area contributed by atoms with E-state index in [0.717, 1.165) is 12.1 Å². The Morgan fingerprint density at radius 3 is 2.12 bits per heavy atom. The smallest absolute Gasteiger partial charge is 0.222 e. The number of amides is 1. The van der Waals surface area contributed by atoms with E-state index in [1.165, 1.54) is 0 Å². The molecule has 1 aromatic carbocycles. The lowest BCUT2D eigenvalue weighted by atomic mass is 9.98. The van der Waals surface area contributed by atoms with Gasteiger partial charge in [-0.05, 0) is 24.1 Å². The van der Waals surface area contributed by atoms with E-state index in [4.69, 9.17) is 11.5 Å². The van der Waals surface area contributed by atoms with E-state index in [9.17, 15) is 18.0 Å². The second kappa shape index (κ2) is 4.98. The van der Waals surface area contributed by atoms with E-state index in [2.05, 4.69) is 0 Å². The molecule has 16 heavy (non-hydrogen) atoms. The molecule has 88 valence electrons. The van der Waals surface area contributed by atoms with E-state index >= 15 is 0 Å². The monoisotopic (exact) mass is 232 g/mol. The normalized spacial score (nSPS) is 12.5. The molecular weight excluding hydrogens is 221 g/mol. The Kier molecular flexibility index (Phi) is 3.89. The quantitative estimate of drug-likeness (QED) is 0.750. The lowest BCUT2D eigenvalue weighted by Crippen LogP contribution is -2.31. The van der Waals surface area contributed by atoms with Crippen LogP contribution in [0.1, 0.15) is 5.56 Å².